The molecule has 0 spiro atoms. The Morgan fingerprint density at radius 3 is 2.53 bits per heavy atom. The van der Waals surface area contributed by atoms with Crippen molar-refractivity contribution in [3.63, 3.8) is 0 Å². The van der Waals surface area contributed by atoms with Crippen LogP contribution in [0, 0.1) is 13.8 Å². The summed E-state index contributed by atoms with van der Waals surface area (Å²) in [6.07, 6.45) is 0. The number of Topliss-reactive ketones (excluding diaryl/α,β-unsaturated/α-hetero) is 1. The van der Waals surface area contributed by atoms with E-state index in [-0.39, 0.29) is 5.78 Å². The third-order valence-corrected chi connectivity index (χ3v) is 3.59. The maximum atomic E-state index is 12.2. The fourth-order valence-electron chi connectivity index (χ4n) is 1.76. The van der Waals surface area contributed by atoms with E-state index in [9.17, 15) is 4.79 Å². The molecule has 0 radical (unpaired) electrons. The van der Waals surface area contributed by atoms with Crippen LogP contribution >= 0.6 is 11.8 Å². The number of hydrogen-bond donors (Lipinski definition) is 0. The minimum Gasteiger partial charge on any atom is -0.496 e. The first kappa shape index (κ1) is 14.1. The first-order valence-electron chi connectivity index (χ1n) is 5.75. The lowest BCUT2D eigenvalue weighted by Crippen LogP contribution is -2.09. The molecule has 1 aromatic rings. The molecule has 0 saturated heterocycles. The van der Waals surface area contributed by atoms with E-state index in [4.69, 9.17) is 4.74 Å². The molecule has 17 heavy (non-hydrogen) atoms. The van der Waals surface area contributed by atoms with Gasteiger partial charge in [0, 0.05) is 0 Å². The second-order valence-corrected chi connectivity index (χ2v) is 6.01. The lowest BCUT2D eigenvalue weighted by Gasteiger charge is -2.12. The van der Waals surface area contributed by atoms with Crippen LogP contribution in [0.2, 0.25) is 0 Å². The highest BCUT2D eigenvalue weighted by molar-refractivity contribution is 8.00. The highest BCUT2D eigenvalue weighted by Gasteiger charge is 2.16. The average molecular weight is 252 g/mol. The average Bonchev–Trinajstić information content (AvgIpc) is 2.24. The number of carbonyl (C=O) groups is 1. The van der Waals surface area contributed by atoms with Crippen LogP contribution in [0.4, 0.5) is 0 Å². The first-order valence-corrected chi connectivity index (χ1v) is 6.80. The minimum atomic E-state index is 0.151. The molecule has 1 aromatic carbocycles. The van der Waals surface area contributed by atoms with E-state index in [0.717, 1.165) is 16.7 Å². The Hall–Kier alpha value is -0.960. The number of aryl methyl sites for hydroxylation is 2. The Balaban J connectivity index is 2.99. The molecule has 0 heterocycles. The van der Waals surface area contributed by atoms with Crippen molar-refractivity contribution in [2.75, 3.05) is 12.9 Å². The van der Waals surface area contributed by atoms with Gasteiger partial charge in [-0.1, -0.05) is 19.9 Å². The van der Waals surface area contributed by atoms with Gasteiger partial charge < -0.3 is 4.74 Å². The van der Waals surface area contributed by atoms with E-state index < -0.39 is 0 Å². The van der Waals surface area contributed by atoms with E-state index in [1.165, 1.54) is 0 Å². The van der Waals surface area contributed by atoms with Gasteiger partial charge in [0.25, 0.3) is 0 Å². The predicted octanol–water partition coefficient (Wildman–Crippen LogP) is 3.64. The molecule has 0 aromatic heterocycles. The van der Waals surface area contributed by atoms with Crippen molar-refractivity contribution in [3.8, 4) is 5.75 Å². The van der Waals surface area contributed by atoms with Gasteiger partial charge in [0.05, 0.1) is 18.4 Å². The molecule has 0 aliphatic heterocycles. The molecule has 1 rings (SSSR count). The number of ketones is 1. The Bertz CT molecular complexity index is 411. The first-order chi connectivity index (χ1) is 7.95. The molecule has 0 aliphatic carbocycles. The molecule has 0 unspecified atom stereocenters. The topological polar surface area (TPSA) is 26.3 Å². The van der Waals surface area contributed by atoms with Gasteiger partial charge in [0.2, 0.25) is 0 Å². The zero-order chi connectivity index (χ0) is 13.0. The summed E-state index contributed by atoms with van der Waals surface area (Å²) < 4.78 is 5.30. The van der Waals surface area contributed by atoms with Crippen molar-refractivity contribution in [2.24, 2.45) is 0 Å². The summed E-state index contributed by atoms with van der Waals surface area (Å²) in [7, 11) is 1.61. The maximum absolute atomic E-state index is 12.2. The third-order valence-electron chi connectivity index (χ3n) is 2.49. The monoisotopic (exact) mass is 252 g/mol. The molecule has 2 nitrogen and oxygen atoms in total. The van der Waals surface area contributed by atoms with Crippen molar-refractivity contribution < 1.29 is 9.53 Å². The normalized spacial score (nSPS) is 10.7. The fraction of sp³-hybridized carbons (Fsp3) is 0.500. The maximum Gasteiger partial charge on any atom is 0.176 e. The zero-order valence-electron chi connectivity index (χ0n) is 11.2. The number of benzene rings is 1. The summed E-state index contributed by atoms with van der Waals surface area (Å²) >= 11 is 1.66. The number of hydrogen-bond acceptors (Lipinski definition) is 3. The van der Waals surface area contributed by atoms with Gasteiger partial charge in [0.1, 0.15) is 5.75 Å². The lowest BCUT2D eigenvalue weighted by molar-refractivity contribution is 0.101. The summed E-state index contributed by atoms with van der Waals surface area (Å²) in [5, 5.41) is 0.468. The van der Waals surface area contributed by atoms with E-state index in [2.05, 4.69) is 13.8 Å². The molecule has 3 heteroatoms. The fourth-order valence-corrected chi connectivity index (χ4v) is 2.39. The van der Waals surface area contributed by atoms with Gasteiger partial charge >= 0.3 is 0 Å². The van der Waals surface area contributed by atoms with Gasteiger partial charge in [-0.2, -0.15) is 11.8 Å². The van der Waals surface area contributed by atoms with Crippen molar-refractivity contribution in [1.82, 2.24) is 0 Å². The molecule has 0 fully saturated rings. The van der Waals surface area contributed by atoms with Crippen LogP contribution in [-0.2, 0) is 0 Å². The van der Waals surface area contributed by atoms with Gasteiger partial charge in [-0.15, -0.1) is 0 Å². The second-order valence-electron chi connectivity index (χ2n) is 4.44. The minimum absolute atomic E-state index is 0.151. The Kier molecular flexibility index (Phi) is 5.06. The van der Waals surface area contributed by atoms with Crippen LogP contribution in [0.25, 0.3) is 0 Å². The van der Waals surface area contributed by atoms with E-state index in [0.29, 0.717) is 16.8 Å². The van der Waals surface area contributed by atoms with E-state index >= 15 is 0 Å². The molecule has 94 valence electrons. The van der Waals surface area contributed by atoms with Gasteiger partial charge in [0.15, 0.2) is 5.78 Å². The molecular formula is C14H20O2S. The number of ether oxygens (including phenoxy) is 1. The summed E-state index contributed by atoms with van der Waals surface area (Å²) in [5.41, 5.74) is 2.84. The van der Waals surface area contributed by atoms with Crippen molar-refractivity contribution in [3.05, 3.63) is 28.8 Å². The van der Waals surface area contributed by atoms with Crippen LogP contribution in [0.1, 0.15) is 35.3 Å². The standard InChI is InChI=1S/C14H20O2S/c1-9(2)17-8-12(15)14-11(4)6-10(3)7-13(14)16-5/h6-7,9H,8H2,1-5H3. The lowest BCUT2D eigenvalue weighted by atomic mass is 10.0. The zero-order valence-corrected chi connectivity index (χ0v) is 12.0. The molecule has 0 amide bonds. The van der Waals surface area contributed by atoms with Crippen molar-refractivity contribution >= 4 is 17.5 Å². The van der Waals surface area contributed by atoms with Crippen LogP contribution in [0.3, 0.4) is 0 Å². The van der Waals surface area contributed by atoms with E-state index in [1.54, 1.807) is 18.9 Å². The summed E-state index contributed by atoms with van der Waals surface area (Å²) in [5.74, 6) is 1.35. The van der Waals surface area contributed by atoms with Crippen LogP contribution in [0.5, 0.6) is 5.75 Å². The molecule has 0 aliphatic rings. The summed E-state index contributed by atoms with van der Waals surface area (Å²) in [4.78, 5) is 12.2. The van der Waals surface area contributed by atoms with Gasteiger partial charge in [-0.05, 0) is 36.3 Å². The second kappa shape index (κ2) is 6.10. The highest BCUT2D eigenvalue weighted by Crippen LogP contribution is 2.26. The number of carbonyl (C=O) groups excluding carboxylic acids is 1. The number of thioether (sulfide) groups is 1. The van der Waals surface area contributed by atoms with Crippen molar-refractivity contribution in [2.45, 2.75) is 32.9 Å². The number of rotatable bonds is 5. The Morgan fingerprint density at radius 1 is 1.35 bits per heavy atom. The molecule has 0 bridgehead atoms. The number of methoxy groups -OCH3 is 1. The van der Waals surface area contributed by atoms with Crippen molar-refractivity contribution in [1.29, 1.82) is 0 Å². The van der Waals surface area contributed by atoms with Gasteiger partial charge in [-0.3, -0.25) is 4.79 Å². The highest BCUT2D eigenvalue weighted by atomic mass is 32.2. The Morgan fingerprint density at radius 2 is 2.00 bits per heavy atom. The smallest absolute Gasteiger partial charge is 0.176 e. The molecule has 0 atom stereocenters. The van der Waals surface area contributed by atoms with Gasteiger partial charge in [-0.25, -0.2) is 0 Å². The summed E-state index contributed by atoms with van der Waals surface area (Å²) in [6, 6.07) is 3.94. The summed E-state index contributed by atoms with van der Waals surface area (Å²) in [6.45, 7) is 8.16. The molecular weight excluding hydrogens is 232 g/mol. The molecule has 0 N–H and O–H groups in total. The largest absolute Gasteiger partial charge is 0.496 e. The third kappa shape index (κ3) is 3.77. The van der Waals surface area contributed by atoms with Crippen LogP contribution < -0.4 is 4.74 Å². The Labute approximate surface area is 108 Å². The quantitative estimate of drug-likeness (QED) is 0.748. The predicted molar refractivity (Wildman–Crippen MR) is 74.4 cm³/mol. The van der Waals surface area contributed by atoms with Crippen LogP contribution in [-0.4, -0.2) is 23.9 Å². The van der Waals surface area contributed by atoms with Crippen LogP contribution in [0.15, 0.2) is 12.1 Å². The molecule has 0 saturated carbocycles. The van der Waals surface area contributed by atoms with E-state index in [1.807, 2.05) is 26.0 Å². The SMILES string of the molecule is COc1cc(C)cc(C)c1C(=O)CSC(C)C.